The van der Waals surface area contributed by atoms with Gasteiger partial charge < -0.3 is 4.74 Å². The van der Waals surface area contributed by atoms with Crippen LogP contribution in [0.3, 0.4) is 0 Å². The molecule has 1 unspecified atom stereocenters. The molecule has 1 aliphatic carbocycles. The van der Waals surface area contributed by atoms with E-state index in [4.69, 9.17) is 38.0 Å². The van der Waals surface area contributed by atoms with E-state index in [0.717, 1.165) is 29.9 Å². The Balaban J connectivity index is 1.76. The van der Waals surface area contributed by atoms with E-state index in [1.807, 2.05) is 0 Å². The molecule has 1 nitrogen and oxygen atoms in total. The molecule has 2 rings (SSSR count). The average molecular weight is 408 g/mol. The highest BCUT2D eigenvalue weighted by atomic mass is 35.8. The SMILES string of the molecule is CCC(C)C1CCC(c2ccc(OCCC[Si](Cl)(Cl)Cl)cc2)CC1. The van der Waals surface area contributed by atoms with Crippen molar-refractivity contribution in [3.05, 3.63) is 29.8 Å². The lowest BCUT2D eigenvalue weighted by atomic mass is 9.74. The zero-order valence-electron chi connectivity index (χ0n) is 14.7. The average Bonchev–Trinajstić information content (AvgIpc) is 2.58. The maximum absolute atomic E-state index is 5.87. The maximum atomic E-state index is 5.87. The van der Waals surface area contributed by atoms with Crippen molar-refractivity contribution >= 4 is 39.2 Å². The second-order valence-electron chi connectivity index (χ2n) is 7.13. The minimum atomic E-state index is -2.51. The summed E-state index contributed by atoms with van der Waals surface area (Å²) in [7, 11) is 0. The number of hydrogen-bond acceptors (Lipinski definition) is 1. The summed E-state index contributed by atoms with van der Waals surface area (Å²) >= 11 is 17.6. The first-order valence-electron chi connectivity index (χ1n) is 9.18. The van der Waals surface area contributed by atoms with Crippen LogP contribution in [0.4, 0.5) is 0 Å². The minimum Gasteiger partial charge on any atom is -0.494 e. The number of hydrogen-bond donors (Lipinski definition) is 0. The molecule has 0 amide bonds. The van der Waals surface area contributed by atoms with Crippen molar-refractivity contribution in [3.63, 3.8) is 0 Å². The van der Waals surface area contributed by atoms with Crippen molar-refractivity contribution in [2.45, 2.75) is 64.3 Å². The summed E-state index contributed by atoms with van der Waals surface area (Å²) in [6, 6.07) is 6.77. The molecular weight excluding hydrogens is 379 g/mol. The first-order chi connectivity index (χ1) is 11.4. The Morgan fingerprint density at radius 2 is 1.71 bits per heavy atom. The van der Waals surface area contributed by atoms with Crippen LogP contribution < -0.4 is 4.74 Å². The minimum absolute atomic E-state index is 0.611. The van der Waals surface area contributed by atoms with Crippen molar-refractivity contribution < 1.29 is 4.74 Å². The van der Waals surface area contributed by atoms with Crippen molar-refractivity contribution in [2.24, 2.45) is 11.8 Å². The third-order valence-electron chi connectivity index (χ3n) is 5.45. The summed E-state index contributed by atoms with van der Waals surface area (Å²) in [6.07, 6.45) is 7.50. The van der Waals surface area contributed by atoms with Gasteiger partial charge in [-0.2, -0.15) is 0 Å². The van der Waals surface area contributed by atoms with Gasteiger partial charge in [-0.1, -0.05) is 32.4 Å². The van der Waals surface area contributed by atoms with Gasteiger partial charge in [0.2, 0.25) is 0 Å². The van der Waals surface area contributed by atoms with Gasteiger partial charge in [-0.25, -0.2) is 0 Å². The van der Waals surface area contributed by atoms with E-state index < -0.39 is 6.00 Å². The van der Waals surface area contributed by atoms with Crippen molar-refractivity contribution in [1.82, 2.24) is 0 Å². The van der Waals surface area contributed by atoms with E-state index in [1.54, 1.807) is 0 Å². The molecule has 0 aliphatic heterocycles. The third-order valence-corrected chi connectivity index (χ3v) is 8.07. The molecule has 1 aromatic carbocycles. The smallest absolute Gasteiger partial charge is 0.341 e. The number of halogens is 3. The van der Waals surface area contributed by atoms with Gasteiger partial charge in [-0.15, -0.1) is 33.2 Å². The monoisotopic (exact) mass is 406 g/mol. The van der Waals surface area contributed by atoms with Crippen LogP contribution in [0.15, 0.2) is 24.3 Å². The first kappa shape index (κ1) is 20.4. The van der Waals surface area contributed by atoms with Gasteiger partial charge >= 0.3 is 6.00 Å². The zero-order chi connectivity index (χ0) is 17.6. The lowest BCUT2D eigenvalue weighted by molar-refractivity contribution is 0.240. The van der Waals surface area contributed by atoms with E-state index in [0.29, 0.717) is 12.7 Å². The molecule has 1 saturated carbocycles. The second kappa shape index (κ2) is 9.71. The largest absolute Gasteiger partial charge is 0.494 e. The van der Waals surface area contributed by atoms with Gasteiger partial charge in [0.1, 0.15) is 5.75 Å². The molecule has 136 valence electrons. The third kappa shape index (κ3) is 6.78. The number of rotatable bonds is 8. The lowest BCUT2D eigenvalue weighted by Gasteiger charge is -2.32. The standard InChI is InChI=1S/C19H29Cl3OSi/c1-3-15(2)16-5-7-17(8-6-16)18-9-11-19(12-10-18)23-13-4-14-24(20,21)22/h9-12,15-17H,3-8,13-14H2,1-2H3. The fourth-order valence-corrected chi connectivity index (χ4v) is 5.40. The predicted molar refractivity (Wildman–Crippen MR) is 109 cm³/mol. The van der Waals surface area contributed by atoms with E-state index in [9.17, 15) is 0 Å². The van der Waals surface area contributed by atoms with Crippen molar-refractivity contribution in [2.75, 3.05) is 6.61 Å². The first-order valence-corrected chi connectivity index (χ1v) is 14.4. The van der Waals surface area contributed by atoms with Crippen LogP contribution in [0.25, 0.3) is 0 Å². The Morgan fingerprint density at radius 1 is 1.08 bits per heavy atom. The molecule has 5 heteroatoms. The summed E-state index contributed by atoms with van der Waals surface area (Å²) in [5, 5.41) is 0. The molecule has 0 bridgehead atoms. The highest BCUT2D eigenvalue weighted by Gasteiger charge is 2.25. The Labute approximate surface area is 162 Å². The predicted octanol–water partition coefficient (Wildman–Crippen LogP) is 7.43. The van der Waals surface area contributed by atoms with Crippen molar-refractivity contribution in [1.29, 1.82) is 0 Å². The van der Waals surface area contributed by atoms with Gasteiger partial charge in [-0.3, -0.25) is 0 Å². The van der Waals surface area contributed by atoms with Crippen LogP contribution in [-0.2, 0) is 0 Å². The normalized spacial score (nSPS) is 23.0. The van der Waals surface area contributed by atoms with Crippen LogP contribution in [0.2, 0.25) is 6.04 Å². The van der Waals surface area contributed by atoms with Crippen molar-refractivity contribution in [3.8, 4) is 5.75 Å². The highest BCUT2D eigenvalue weighted by molar-refractivity contribution is 7.64. The maximum Gasteiger partial charge on any atom is 0.341 e. The fraction of sp³-hybridized carbons (Fsp3) is 0.684. The summed E-state index contributed by atoms with van der Waals surface area (Å²) in [5.74, 6) is 3.43. The molecule has 0 N–H and O–H groups in total. The molecule has 0 heterocycles. The molecule has 0 radical (unpaired) electrons. The molecular formula is C19H29Cl3OSi. The summed E-state index contributed by atoms with van der Waals surface area (Å²) < 4.78 is 5.75. The molecule has 1 aromatic rings. The van der Waals surface area contributed by atoms with Gasteiger partial charge in [0.15, 0.2) is 0 Å². The summed E-state index contributed by atoms with van der Waals surface area (Å²) in [4.78, 5) is 0. The molecule has 24 heavy (non-hydrogen) atoms. The Kier molecular flexibility index (Phi) is 8.26. The van der Waals surface area contributed by atoms with E-state index in [2.05, 4.69) is 38.1 Å². The molecule has 0 spiro atoms. The molecule has 0 aromatic heterocycles. The van der Waals surface area contributed by atoms with Crippen LogP contribution in [0, 0.1) is 11.8 Å². The number of ether oxygens (including phenoxy) is 1. The lowest BCUT2D eigenvalue weighted by Crippen LogP contribution is -2.18. The van der Waals surface area contributed by atoms with E-state index in [-0.39, 0.29) is 0 Å². The Morgan fingerprint density at radius 3 is 2.25 bits per heavy atom. The highest BCUT2D eigenvalue weighted by Crippen LogP contribution is 2.39. The quantitative estimate of drug-likeness (QED) is 0.247. The fourth-order valence-electron chi connectivity index (χ4n) is 3.65. The Bertz CT molecular complexity index is 478. The summed E-state index contributed by atoms with van der Waals surface area (Å²) in [5.41, 5.74) is 1.46. The van der Waals surface area contributed by atoms with Crippen LogP contribution in [0.1, 0.15) is 63.9 Å². The molecule has 1 aliphatic rings. The molecule has 1 fully saturated rings. The topological polar surface area (TPSA) is 9.23 Å². The molecule has 0 saturated heterocycles. The zero-order valence-corrected chi connectivity index (χ0v) is 18.0. The Hall–Kier alpha value is 0.107. The second-order valence-corrected chi connectivity index (χ2v) is 16.4. The van der Waals surface area contributed by atoms with Gasteiger partial charge in [-0.05, 0) is 73.6 Å². The van der Waals surface area contributed by atoms with Crippen LogP contribution in [0.5, 0.6) is 5.75 Å². The van der Waals surface area contributed by atoms with E-state index >= 15 is 0 Å². The van der Waals surface area contributed by atoms with Gasteiger partial charge in [0.25, 0.3) is 0 Å². The molecule has 1 atom stereocenters. The summed E-state index contributed by atoms with van der Waals surface area (Å²) in [6.45, 7) is 5.33. The number of benzene rings is 1. The van der Waals surface area contributed by atoms with Gasteiger partial charge in [0, 0.05) is 0 Å². The van der Waals surface area contributed by atoms with Crippen LogP contribution >= 0.6 is 33.2 Å². The van der Waals surface area contributed by atoms with Crippen LogP contribution in [-0.4, -0.2) is 12.6 Å². The van der Waals surface area contributed by atoms with Gasteiger partial charge in [0.05, 0.1) is 6.61 Å². The van der Waals surface area contributed by atoms with E-state index in [1.165, 1.54) is 37.7 Å².